The Labute approximate surface area is 176 Å². The highest BCUT2D eigenvalue weighted by atomic mass is 15.0. The van der Waals surface area contributed by atoms with E-state index in [2.05, 4.69) is 27.9 Å². The first-order chi connectivity index (χ1) is 14.6. The smallest absolute Gasteiger partial charge is 0.165 e. The Bertz CT molecular complexity index is 1060. The van der Waals surface area contributed by atoms with E-state index < -0.39 is 0 Å². The lowest BCUT2D eigenvalue weighted by Gasteiger charge is -2.08. The molecule has 0 aliphatic heterocycles. The van der Waals surface area contributed by atoms with Crippen molar-refractivity contribution in [3.63, 3.8) is 0 Å². The molecular formula is C24H24N6. The minimum absolute atomic E-state index is 0.582. The van der Waals surface area contributed by atoms with Gasteiger partial charge in [-0.3, -0.25) is 15.0 Å². The fourth-order valence-electron chi connectivity index (χ4n) is 3.03. The van der Waals surface area contributed by atoms with E-state index in [9.17, 15) is 0 Å². The standard InChI is InChI=1S/C24H24N6/c1-4-5-6-21-12-11-20(15-27-21)24-29-22(18-9-7-16(2)25-13-18)28-23(30-24)19-10-8-17(3)26-14-19/h7-15H,4-6H2,1-3H3. The normalized spacial score (nSPS) is 10.9. The molecule has 0 radical (unpaired) electrons. The Kier molecular flexibility index (Phi) is 5.84. The molecular weight excluding hydrogens is 372 g/mol. The van der Waals surface area contributed by atoms with E-state index in [-0.39, 0.29) is 0 Å². The van der Waals surface area contributed by atoms with Crippen molar-refractivity contribution in [2.75, 3.05) is 0 Å². The van der Waals surface area contributed by atoms with Gasteiger partial charge in [-0.05, 0) is 63.1 Å². The minimum Gasteiger partial charge on any atom is -0.261 e. The summed E-state index contributed by atoms with van der Waals surface area (Å²) in [5, 5.41) is 0. The van der Waals surface area contributed by atoms with E-state index in [1.54, 1.807) is 12.4 Å². The Morgan fingerprint density at radius 2 is 1.07 bits per heavy atom. The fraction of sp³-hybridized carbons (Fsp3) is 0.250. The van der Waals surface area contributed by atoms with Gasteiger partial charge in [0.05, 0.1) is 0 Å². The van der Waals surface area contributed by atoms with Crippen molar-refractivity contribution in [2.45, 2.75) is 40.0 Å². The molecule has 0 spiro atoms. The van der Waals surface area contributed by atoms with Crippen LogP contribution in [0.4, 0.5) is 0 Å². The summed E-state index contributed by atoms with van der Waals surface area (Å²) in [7, 11) is 0. The third-order valence-corrected chi connectivity index (χ3v) is 4.84. The maximum Gasteiger partial charge on any atom is 0.165 e. The van der Waals surface area contributed by atoms with Crippen molar-refractivity contribution in [1.29, 1.82) is 0 Å². The zero-order chi connectivity index (χ0) is 20.9. The Morgan fingerprint density at radius 3 is 1.43 bits per heavy atom. The molecule has 4 aromatic rings. The number of pyridine rings is 3. The molecule has 150 valence electrons. The summed E-state index contributed by atoms with van der Waals surface area (Å²) in [4.78, 5) is 27.5. The molecule has 0 aliphatic rings. The van der Waals surface area contributed by atoms with E-state index in [0.717, 1.165) is 53.0 Å². The van der Waals surface area contributed by atoms with E-state index in [1.807, 2.05) is 50.4 Å². The number of rotatable bonds is 6. The largest absolute Gasteiger partial charge is 0.261 e. The lowest BCUT2D eigenvalue weighted by atomic mass is 10.1. The van der Waals surface area contributed by atoms with Crippen molar-refractivity contribution in [3.05, 3.63) is 72.1 Å². The van der Waals surface area contributed by atoms with Crippen LogP contribution in [0.25, 0.3) is 34.2 Å². The molecule has 0 fully saturated rings. The molecule has 0 N–H and O–H groups in total. The molecule has 4 rings (SSSR count). The van der Waals surface area contributed by atoms with Gasteiger partial charge in [-0.25, -0.2) is 15.0 Å². The average molecular weight is 396 g/mol. The summed E-state index contributed by atoms with van der Waals surface area (Å²) >= 11 is 0. The second-order valence-corrected chi connectivity index (χ2v) is 7.32. The third kappa shape index (κ3) is 4.54. The van der Waals surface area contributed by atoms with Crippen LogP contribution in [-0.2, 0) is 6.42 Å². The van der Waals surface area contributed by atoms with Crippen LogP contribution in [0.5, 0.6) is 0 Å². The van der Waals surface area contributed by atoms with Crippen LogP contribution < -0.4 is 0 Å². The monoisotopic (exact) mass is 396 g/mol. The summed E-state index contributed by atoms with van der Waals surface area (Å²) in [6, 6.07) is 11.9. The quantitative estimate of drug-likeness (QED) is 0.455. The molecule has 0 unspecified atom stereocenters. The number of hydrogen-bond acceptors (Lipinski definition) is 6. The van der Waals surface area contributed by atoms with Gasteiger partial charge in [0, 0.05) is 52.4 Å². The van der Waals surface area contributed by atoms with Gasteiger partial charge in [0.1, 0.15) is 0 Å². The van der Waals surface area contributed by atoms with Crippen molar-refractivity contribution >= 4 is 0 Å². The molecule has 0 bridgehead atoms. The number of aromatic nitrogens is 6. The second-order valence-electron chi connectivity index (χ2n) is 7.32. The van der Waals surface area contributed by atoms with Gasteiger partial charge in [0.2, 0.25) is 0 Å². The van der Waals surface area contributed by atoms with Crippen LogP contribution in [0.2, 0.25) is 0 Å². The SMILES string of the molecule is CCCCc1ccc(-c2nc(-c3ccc(C)nc3)nc(-c3ccc(C)nc3)n2)cn1. The van der Waals surface area contributed by atoms with E-state index in [4.69, 9.17) is 15.0 Å². The first kappa shape index (κ1) is 19.8. The van der Waals surface area contributed by atoms with Crippen LogP contribution in [0, 0.1) is 13.8 Å². The first-order valence-electron chi connectivity index (χ1n) is 10.2. The lowest BCUT2D eigenvalue weighted by Crippen LogP contribution is -2.01. The molecule has 0 saturated carbocycles. The number of nitrogens with zero attached hydrogens (tertiary/aromatic N) is 6. The minimum atomic E-state index is 0.582. The summed E-state index contributed by atoms with van der Waals surface area (Å²) < 4.78 is 0. The first-order valence-corrected chi connectivity index (χ1v) is 10.2. The highest BCUT2D eigenvalue weighted by molar-refractivity contribution is 5.65. The molecule has 0 atom stereocenters. The topological polar surface area (TPSA) is 77.3 Å². The summed E-state index contributed by atoms with van der Waals surface area (Å²) in [5.41, 5.74) is 5.53. The molecule has 0 aromatic carbocycles. The zero-order valence-corrected chi connectivity index (χ0v) is 17.5. The van der Waals surface area contributed by atoms with Gasteiger partial charge in [-0.1, -0.05) is 13.3 Å². The maximum absolute atomic E-state index is 4.72. The van der Waals surface area contributed by atoms with Gasteiger partial charge in [-0.2, -0.15) is 0 Å². The van der Waals surface area contributed by atoms with Gasteiger partial charge in [-0.15, -0.1) is 0 Å². The zero-order valence-electron chi connectivity index (χ0n) is 17.5. The van der Waals surface area contributed by atoms with Crippen molar-refractivity contribution in [1.82, 2.24) is 29.9 Å². The van der Waals surface area contributed by atoms with Crippen molar-refractivity contribution < 1.29 is 0 Å². The van der Waals surface area contributed by atoms with Gasteiger partial charge in [0.15, 0.2) is 17.5 Å². The van der Waals surface area contributed by atoms with Crippen LogP contribution in [0.1, 0.15) is 36.8 Å². The highest BCUT2D eigenvalue weighted by Gasteiger charge is 2.13. The maximum atomic E-state index is 4.72. The van der Waals surface area contributed by atoms with Crippen LogP contribution in [-0.4, -0.2) is 29.9 Å². The van der Waals surface area contributed by atoms with Gasteiger partial charge >= 0.3 is 0 Å². The average Bonchev–Trinajstić information content (AvgIpc) is 2.79. The number of unbranched alkanes of at least 4 members (excludes halogenated alkanes) is 1. The number of aryl methyl sites for hydroxylation is 3. The molecule has 30 heavy (non-hydrogen) atoms. The summed E-state index contributed by atoms with van der Waals surface area (Å²) in [6.45, 7) is 6.09. The number of hydrogen-bond donors (Lipinski definition) is 0. The third-order valence-electron chi connectivity index (χ3n) is 4.84. The van der Waals surface area contributed by atoms with Crippen molar-refractivity contribution in [3.8, 4) is 34.2 Å². The highest BCUT2D eigenvalue weighted by Crippen LogP contribution is 2.24. The van der Waals surface area contributed by atoms with Crippen molar-refractivity contribution in [2.24, 2.45) is 0 Å². The van der Waals surface area contributed by atoms with Crippen LogP contribution in [0.15, 0.2) is 55.0 Å². The summed E-state index contributed by atoms with van der Waals surface area (Å²) in [5.74, 6) is 1.75. The van der Waals surface area contributed by atoms with E-state index >= 15 is 0 Å². The fourth-order valence-corrected chi connectivity index (χ4v) is 3.03. The summed E-state index contributed by atoms with van der Waals surface area (Å²) in [6.07, 6.45) is 8.69. The Morgan fingerprint density at radius 1 is 0.600 bits per heavy atom. The van der Waals surface area contributed by atoms with E-state index in [1.165, 1.54) is 0 Å². The molecule has 4 heterocycles. The second kappa shape index (κ2) is 8.86. The van der Waals surface area contributed by atoms with Crippen LogP contribution in [0.3, 0.4) is 0 Å². The Hall–Kier alpha value is -3.54. The van der Waals surface area contributed by atoms with E-state index in [0.29, 0.717) is 17.5 Å². The molecule has 4 aromatic heterocycles. The molecule has 0 amide bonds. The van der Waals surface area contributed by atoms with Gasteiger partial charge < -0.3 is 0 Å². The molecule has 6 heteroatoms. The van der Waals surface area contributed by atoms with Gasteiger partial charge in [0.25, 0.3) is 0 Å². The molecule has 0 aliphatic carbocycles. The predicted octanol–water partition coefficient (Wildman–Crippen LogP) is 5.02. The Balaban J connectivity index is 1.78. The van der Waals surface area contributed by atoms with Crippen LogP contribution >= 0.6 is 0 Å². The lowest BCUT2D eigenvalue weighted by molar-refractivity contribution is 0.777. The predicted molar refractivity (Wildman–Crippen MR) is 118 cm³/mol. The molecule has 0 saturated heterocycles. The molecule has 6 nitrogen and oxygen atoms in total.